The van der Waals surface area contributed by atoms with Crippen LogP contribution in [0.2, 0.25) is 10.0 Å². The summed E-state index contributed by atoms with van der Waals surface area (Å²) in [5.41, 5.74) is 2.34. The first-order valence-electron chi connectivity index (χ1n) is 10.2. The van der Waals surface area contributed by atoms with Gasteiger partial charge in [0.15, 0.2) is 0 Å². The van der Waals surface area contributed by atoms with Crippen LogP contribution in [0, 0.1) is 0 Å². The van der Waals surface area contributed by atoms with Gasteiger partial charge < -0.3 is 5.11 Å². The number of halogens is 2. The lowest BCUT2D eigenvalue weighted by molar-refractivity contribution is 0.105. The fourth-order valence-corrected chi connectivity index (χ4v) is 3.92. The third kappa shape index (κ3) is 5.05. The predicted octanol–water partition coefficient (Wildman–Crippen LogP) is 6.77. The first-order chi connectivity index (χ1) is 14.8. The van der Waals surface area contributed by atoms with Crippen molar-refractivity contribution in [1.29, 1.82) is 0 Å². The van der Waals surface area contributed by atoms with Crippen molar-refractivity contribution < 1.29 is 9.90 Å². The molecule has 0 saturated heterocycles. The standard InChI is InChI=1S/C25H27Cl2N3O2/c1-24(2,3)18-9-15(10-19(23(18)32)25(4,5)6)11-21(30-14-28-13-29-30)22(31)17-8-7-16(26)12-20(17)27/h7-14,32H,1-6H3/b21-11+. The highest BCUT2D eigenvalue weighted by Gasteiger charge is 2.27. The van der Waals surface area contributed by atoms with Crippen molar-refractivity contribution in [1.82, 2.24) is 14.8 Å². The average Bonchev–Trinajstić information content (AvgIpc) is 3.19. The Labute approximate surface area is 198 Å². The number of carbonyl (C=O) groups excluding carboxylic acids is 1. The summed E-state index contributed by atoms with van der Waals surface area (Å²) in [6.45, 7) is 12.2. The van der Waals surface area contributed by atoms with Crippen LogP contribution >= 0.6 is 23.2 Å². The van der Waals surface area contributed by atoms with Gasteiger partial charge in [0.2, 0.25) is 5.78 Å². The van der Waals surface area contributed by atoms with Gasteiger partial charge in [0.1, 0.15) is 24.1 Å². The molecule has 0 atom stereocenters. The van der Waals surface area contributed by atoms with Gasteiger partial charge in [-0.1, -0.05) is 64.7 Å². The van der Waals surface area contributed by atoms with E-state index in [2.05, 4.69) is 10.1 Å². The summed E-state index contributed by atoms with van der Waals surface area (Å²) in [5, 5.41) is 15.9. The van der Waals surface area contributed by atoms with E-state index in [-0.39, 0.29) is 33.1 Å². The van der Waals surface area contributed by atoms with Crippen molar-refractivity contribution in [3.63, 3.8) is 0 Å². The highest BCUT2D eigenvalue weighted by atomic mass is 35.5. The van der Waals surface area contributed by atoms with Gasteiger partial charge in [-0.3, -0.25) is 4.79 Å². The van der Waals surface area contributed by atoms with Gasteiger partial charge in [0, 0.05) is 21.7 Å². The number of benzene rings is 2. The molecular weight excluding hydrogens is 445 g/mol. The van der Waals surface area contributed by atoms with Gasteiger partial charge in [0.05, 0.1) is 5.02 Å². The lowest BCUT2D eigenvalue weighted by Gasteiger charge is -2.28. The van der Waals surface area contributed by atoms with Crippen molar-refractivity contribution >= 4 is 40.8 Å². The fraction of sp³-hybridized carbons (Fsp3) is 0.320. The van der Waals surface area contributed by atoms with Crippen LogP contribution in [-0.4, -0.2) is 25.7 Å². The first kappa shape index (κ1) is 24.0. The quantitative estimate of drug-likeness (QED) is 0.336. The Morgan fingerprint density at radius 1 is 1.00 bits per heavy atom. The molecule has 0 amide bonds. The van der Waals surface area contributed by atoms with E-state index >= 15 is 0 Å². The molecule has 0 bridgehead atoms. The smallest absolute Gasteiger partial charge is 0.212 e. The number of carbonyl (C=O) groups is 1. The number of phenols is 1. The molecule has 32 heavy (non-hydrogen) atoms. The zero-order valence-corrected chi connectivity index (χ0v) is 20.6. The number of hydrogen-bond acceptors (Lipinski definition) is 4. The van der Waals surface area contributed by atoms with Crippen LogP contribution in [0.1, 0.15) is 68.6 Å². The largest absolute Gasteiger partial charge is 0.507 e. The van der Waals surface area contributed by atoms with Crippen LogP contribution in [-0.2, 0) is 10.8 Å². The predicted molar refractivity (Wildman–Crippen MR) is 130 cm³/mol. The summed E-state index contributed by atoms with van der Waals surface area (Å²) < 4.78 is 1.41. The lowest BCUT2D eigenvalue weighted by atomic mass is 9.78. The molecule has 0 aliphatic heterocycles. The Bertz CT molecular complexity index is 1150. The summed E-state index contributed by atoms with van der Waals surface area (Å²) in [6, 6.07) is 8.55. The molecule has 0 aliphatic carbocycles. The molecule has 0 aliphatic rings. The Morgan fingerprint density at radius 3 is 2.06 bits per heavy atom. The summed E-state index contributed by atoms with van der Waals surface area (Å²) in [5.74, 6) is -0.0450. The van der Waals surface area contributed by atoms with E-state index in [1.807, 2.05) is 53.7 Å². The van der Waals surface area contributed by atoms with Crippen LogP contribution in [0.15, 0.2) is 43.0 Å². The van der Waals surface area contributed by atoms with Crippen LogP contribution in [0.5, 0.6) is 5.75 Å². The lowest BCUT2D eigenvalue weighted by Crippen LogP contribution is -2.17. The Morgan fingerprint density at radius 2 is 1.59 bits per heavy atom. The van der Waals surface area contributed by atoms with Crippen LogP contribution < -0.4 is 0 Å². The monoisotopic (exact) mass is 471 g/mol. The first-order valence-corrected chi connectivity index (χ1v) is 11.0. The number of aromatic nitrogens is 3. The normalized spacial score (nSPS) is 12.8. The van der Waals surface area contributed by atoms with E-state index in [1.165, 1.54) is 23.4 Å². The second kappa shape index (κ2) is 8.72. The molecule has 3 aromatic rings. The Kier molecular flexibility index (Phi) is 6.55. The number of hydrogen-bond donors (Lipinski definition) is 1. The summed E-state index contributed by atoms with van der Waals surface area (Å²) >= 11 is 12.3. The molecule has 0 spiro atoms. The van der Waals surface area contributed by atoms with Gasteiger partial charge >= 0.3 is 0 Å². The van der Waals surface area contributed by atoms with Crippen molar-refractivity contribution in [2.45, 2.75) is 52.4 Å². The summed E-state index contributed by atoms with van der Waals surface area (Å²) in [4.78, 5) is 17.5. The number of nitrogens with zero attached hydrogens (tertiary/aromatic N) is 3. The number of rotatable bonds is 4. The van der Waals surface area contributed by atoms with Crippen molar-refractivity contribution in [2.24, 2.45) is 0 Å². The number of aromatic hydroxyl groups is 1. The maximum atomic E-state index is 13.5. The molecule has 3 rings (SSSR count). The van der Waals surface area contributed by atoms with Crippen LogP contribution in [0.4, 0.5) is 0 Å². The SMILES string of the molecule is CC(C)(C)c1cc(/C=C(\C(=O)c2ccc(Cl)cc2Cl)n2cncn2)cc(C(C)(C)C)c1O. The van der Waals surface area contributed by atoms with E-state index in [4.69, 9.17) is 23.2 Å². The second-order valence-corrected chi connectivity index (χ2v) is 10.6. The molecule has 5 nitrogen and oxygen atoms in total. The van der Waals surface area contributed by atoms with Crippen molar-refractivity contribution in [3.8, 4) is 5.75 Å². The highest BCUT2D eigenvalue weighted by molar-refractivity contribution is 6.40. The van der Waals surface area contributed by atoms with Gasteiger partial charge in [-0.25, -0.2) is 9.67 Å². The number of ketones is 1. The van der Waals surface area contributed by atoms with Crippen LogP contribution in [0.3, 0.4) is 0 Å². The van der Waals surface area contributed by atoms with E-state index < -0.39 is 0 Å². The molecule has 1 heterocycles. The maximum Gasteiger partial charge on any atom is 0.212 e. The van der Waals surface area contributed by atoms with Gasteiger partial charge in [0.25, 0.3) is 0 Å². The summed E-state index contributed by atoms with van der Waals surface area (Å²) in [6.07, 6.45) is 4.57. The van der Waals surface area contributed by atoms with Crippen molar-refractivity contribution in [3.05, 3.63) is 75.3 Å². The van der Waals surface area contributed by atoms with Crippen LogP contribution in [0.25, 0.3) is 11.8 Å². The minimum atomic E-state index is -0.320. The minimum Gasteiger partial charge on any atom is -0.507 e. The zero-order chi connectivity index (χ0) is 23.8. The summed E-state index contributed by atoms with van der Waals surface area (Å²) in [7, 11) is 0. The topological polar surface area (TPSA) is 68.0 Å². The average molecular weight is 472 g/mol. The molecular formula is C25H27Cl2N3O2. The minimum absolute atomic E-state index is 0.255. The van der Waals surface area contributed by atoms with E-state index in [9.17, 15) is 9.90 Å². The Hall–Kier alpha value is -2.63. The molecule has 2 aromatic carbocycles. The van der Waals surface area contributed by atoms with Crippen molar-refractivity contribution in [2.75, 3.05) is 0 Å². The third-order valence-electron chi connectivity index (χ3n) is 5.13. The van der Waals surface area contributed by atoms with Gasteiger partial charge in [-0.2, -0.15) is 5.10 Å². The van der Waals surface area contributed by atoms with E-state index in [0.717, 1.165) is 16.7 Å². The molecule has 0 unspecified atom stereocenters. The molecule has 0 saturated carbocycles. The number of Topliss-reactive ketones (excluding diaryl/α,β-unsaturated/α-hetero) is 1. The van der Waals surface area contributed by atoms with Gasteiger partial charge in [-0.05, 0) is 52.8 Å². The van der Waals surface area contributed by atoms with E-state index in [1.54, 1.807) is 18.2 Å². The number of allylic oxidation sites excluding steroid dienone is 1. The molecule has 168 valence electrons. The maximum absolute atomic E-state index is 13.5. The molecule has 7 heteroatoms. The molecule has 1 aromatic heterocycles. The fourth-order valence-electron chi connectivity index (χ4n) is 3.42. The zero-order valence-electron chi connectivity index (χ0n) is 19.1. The Balaban J connectivity index is 2.26. The molecule has 0 fully saturated rings. The second-order valence-electron chi connectivity index (χ2n) is 9.79. The molecule has 1 N–H and O–H groups in total. The third-order valence-corrected chi connectivity index (χ3v) is 5.67. The van der Waals surface area contributed by atoms with E-state index in [0.29, 0.717) is 10.6 Å². The highest BCUT2D eigenvalue weighted by Crippen LogP contribution is 2.40. The molecule has 0 radical (unpaired) electrons. The van der Waals surface area contributed by atoms with Gasteiger partial charge in [-0.15, -0.1) is 0 Å². The number of phenolic OH excluding ortho intramolecular Hbond substituents is 1.